The quantitative estimate of drug-likeness (QED) is 0.791. The molecule has 2 nitrogen and oxygen atoms in total. The van der Waals surface area contributed by atoms with Gasteiger partial charge in [-0.3, -0.25) is 0 Å². The van der Waals surface area contributed by atoms with Crippen molar-refractivity contribution in [2.24, 2.45) is 0 Å². The highest BCUT2D eigenvalue weighted by Gasteiger charge is 2.04. The first-order valence-electron chi connectivity index (χ1n) is 4.00. The molecule has 14 heavy (non-hydrogen) atoms. The van der Waals surface area contributed by atoms with E-state index in [0.717, 1.165) is 15.7 Å². The van der Waals surface area contributed by atoms with Crippen molar-refractivity contribution in [2.75, 3.05) is 0 Å². The molecule has 0 fully saturated rings. The number of hydrogen-bond donors (Lipinski definition) is 0. The smallest absolute Gasteiger partial charge is 0.0955 e. The van der Waals surface area contributed by atoms with Crippen LogP contribution in [0.2, 0.25) is 5.02 Å². The first-order chi connectivity index (χ1) is 6.77. The molecule has 4 heteroatoms. The maximum Gasteiger partial charge on any atom is 0.0955 e. The third kappa shape index (κ3) is 1.94. The zero-order valence-corrected chi connectivity index (χ0v) is 9.46. The van der Waals surface area contributed by atoms with Gasteiger partial charge in [-0.05, 0) is 28.1 Å². The van der Waals surface area contributed by atoms with Crippen molar-refractivity contribution in [1.82, 2.24) is 10.2 Å². The number of nitrogens with zero attached hydrogens (tertiary/aromatic N) is 2. The van der Waals surface area contributed by atoms with Gasteiger partial charge in [-0.1, -0.05) is 29.8 Å². The maximum absolute atomic E-state index is 6.03. The molecule has 1 heterocycles. The van der Waals surface area contributed by atoms with Gasteiger partial charge >= 0.3 is 0 Å². The van der Waals surface area contributed by atoms with Gasteiger partial charge in [-0.15, -0.1) is 0 Å². The predicted molar refractivity (Wildman–Crippen MR) is 60.2 cm³/mol. The molecular weight excluding hydrogens is 263 g/mol. The molecule has 0 aliphatic rings. The van der Waals surface area contributed by atoms with Crippen molar-refractivity contribution in [3.63, 3.8) is 0 Å². The molecule has 0 spiro atoms. The Kier molecular flexibility index (Phi) is 2.79. The van der Waals surface area contributed by atoms with Gasteiger partial charge in [0, 0.05) is 10.0 Å². The van der Waals surface area contributed by atoms with Crippen molar-refractivity contribution in [3.05, 3.63) is 46.0 Å². The van der Waals surface area contributed by atoms with Crippen molar-refractivity contribution in [1.29, 1.82) is 0 Å². The average molecular weight is 270 g/mol. The second-order valence-electron chi connectivity index (χ2n) is 2.74. The molecule has 0 aliphatic heterocycles. The van der Waals surface area contributed by atoms with Crippen LogP contribution >= 0.6 is 27.5 Å². The van der Waals surface area contributed by atoms with Gasteiger partial charge in [0.1, 0.15) is 0 Å². The van der Waals surface area contributed by atoms with E-state index < -0.39 is 0 Å². The highest BCUT2D eigenvalue weighted by molar-refractivity contribution is 9.10. The summed E-state index contributed by atoms with van der Waals surface area (Å²) in [6, 6.07) is 9.44. The summed E-state index contributed by atoms with van der Waals surface area (Å²) in [5.74, 6) is 0. The Morgan fingerprint density at radius 3 is 2.71 bits per heavy atom. The molecule has 2 rings (SSSR count). The second kappa shape index (κ2) is 4.07. The molecule has 0 unspecified atom stereocenters. The average Bonchev–Trinajstić information content (AvgIpc) is 2.18. The van der Waals surface area contributed by atoms with E-state index in [-0.39, 0.29) is 0 Å². The summed E-state index contributed by atoms with van der Waals surface area (Å²) >= 11 is 9.37. The highest BCUT2D eigenvalue weighted by Crippen LogP contribution is 2.26. The molecular formula is C10H6BrClN2. The van der Waals surface area contributed by atoms with Crippen molar-refractivity contribution in [2.45, 2.75) is 0 Å². The maximum atomic E-state index is 6.03. The summed E-state index contributed by atoms with van der Waals surface area (Å²) < 4.78 is 0.891. The van der Waals surface area contributed by atoms with Crippen LogP contribution in [0.4, 0.5) is 0 Å². The summed E-state index contributed by atoms with van der Waals surface area (Å²) in [6.45, 7) is 0. The third-order valence-electron chi connectivity index (χ3n) is 1.77. The van der Waals surface area contributed by atoms with Gasteiger partial charge < -0.3 is 0 Å². The number of aromatic nitrogens is 2. The Balaban J connectivity index is 2.55. The molecule has 0 N–H and O–H groups in total. The fourth-order valence-corrected chi connectivity index (χ4v) is 1.68. The molecule has 0 amide bonds. The van der Waals surface area contributed by atoms with Crippen LogP contribution in [-0.2, 0) is 0 Å². The number of hydrogen-bond acceptors (Lipinski definition) is 2. The molecule has 1 aromatic heterocycles. The molecule has 0 saturated heterocycles. The van der Waals surface area contributed by atoms with Gasteiger partial charge in [0.15, 0.2) is 0 Å². The number of benzene rings is 1. The lowest BCUT2D eigenvalue weighted by molar-refractivity contribution is 1.03. The standard InChI is InChI=1S/C10H6BrClN2/c11-7-5-10(14-13-6-7)8-3-1-2-4-9(8)12/h1-6H. The zero-order chi connectivity index (χ0) is 9.97. The summed E-state index contributed by atoms with van der Waals surface area (Å²) in [7, 11) is 0. The van der Waals surface area contributed by atoms with Crippen molar-refractivity contribution < 1.29 is 0 Å². The van der Waals surface area contributed by atoms with Crippen LogP contribution in [0.1, 0.15) is 0 Å². The largest absolute Gasteiger partial charge is 0.157 e. The minimum Gasteiger partial charge on any atom is -0.157 e. The molecule has 70 valence electrons. The molecule has 0 radical (unpaired) electrons. The molecule has 0 bridgehead atoms. The van der Waals surface area contributed by atoms with Crippen LogP contribution in [0.5, 0.6) is 0 Å². The van der Waals surface area contributed by atoms with Crippen LogP contribution in [0.25, 0.3) is 11.3 Å². The Bertz CT molecular complexity index is 459. The first kappa shape index (κ1) is 9.62. The predicted octanol–water partition coefficient (Wildman–Crippen LogP) is 3.56. The van der Waals surface area contributed by atoms with E-state index in [1.54, 1.807) is 6.20 Å². The van der Waals surface area contributed by atoms with Gasteiger partial charge in [0.25, 0.3) is 0 Å². The van der Waals surface area contributed by atoms with Gasteiger partial charge in [0.05, 0.1) is 16.9 Å². The topological polar surface area (TPSA) is 25.8 Å². The Morgan fingerprint density at radius 1 is 1.21 bits per heavy atom. The minimum absolute atomic E-state index is 0.680. The summed E-state index contributed by atoms with van der Waals surface area (Å²) in [6.07, 6.45) is 1.64. The number of halogens is 2. The fourth-order valence-electron chi connectivity index (χ4n) is 1.14. The number of rotatable bonds is 1. The highest BCUT2D eigenvalue weighted by atomic mass is 79.9. The van der Waals surface area contributed by atoms with Crippen LogP contribution in [0.3, 0.4) is 0 Å². The monoisotopic (exact) mass is 268 g/mol. The molecule has 0 aliphatic carbocycles. The van der Waals surface area contributed by atoms with Crippen LogP contribution in [0.15, 0.2) is 41.0 Å². The minimum atomic E-state index is 0.680. The fraction of sp³-hybridized carbons (Fsp3) is 0. The third-order valence-corrected chi connectivity index (χ3v) is 2.53. The lowest BCUT2D eigenvalue weighted by Crippen LogP contribution is -1.87. The van der Waals surface area contributed by atoms with E-state index in [1.165, 1.54) is 0 Å². The molecule has 1 aromatic carbocycles. The SMILES string of the molecule is Clc1ccccc1-c1cc(Br)cnn1. The summed E-state index contributed by atoms with van der Waals surface area (Å²) in [5.41, 5.74) is 1.66. The van der Waals surface area contributed by atoms with Crippen molar-refractivity contribution >= 4 is 27.5 Å². The van der Waals surface area contributed by atoms with Gasteiger partial charge in [-0.2, -0.15) is 10.2 Å². The van der Waals surface area contributed by atoms with E-state index in [4.69, 9.17) is 11.6 Å². The van der Waals surface area contributed by atoms with Gasteiger partial charge in [-0.25, -0.2) is 0 Å². The first-order valence-corrected chi connectivity index (χ1v) is 5.17. The van der Waals surface area contributed by atoms with E-state index in [0.29, 0.717) is 5.02 Å². The van der Waals surface area contributed by atoms with E-state index in [9.17, 15) is 0 Å². The Morgan fingerprint density at radius 2 is 2.00 bits per heavy atom. The lowest BCUT2D eigenvalue weighted by atomic mass is 10.1. The van der Waals surface area contributed by atoms with Crippen LogP contribution in [-0.4, -0.2) is 10.2 Å². The van der Waals surface area contributed by atoms with Gasteiger partial charge in [0.2, 0.25) is 0 Å². The Labute approximate surface area is 95.1 Å². The molecule has 2 aromatic rings. The van der Waals surface area contributed by atoms with Crippen molar-refractivity contribution in [3.8, 4) is 11.3 Å². The second-order valence-corrected chi connectivity index (χ2v) is 4.06. The molecule has 0 atom stereocenters. The zero-order valence-electron chi connectivity index (χ0n) is 7.11. The van der Waals surface area contributed by atoms with E-state index in [1.807, 2.05) is 30.3 Å². The van der Waals surface area contributed by atoms with Crippen LogP contribution in [0, 0.1) is 0 Å². The molecule has 0 saturated carbocycles. The lowest BCUT2D eigenvalue weighted by Gasteiger charge is -2.01. The van der Waals surface area contributed by atoms with E-state index in [2.05, 4.69) is 26.1 Å². The van der Waals surface area contributed by atoms with E-state index >= 15 is 0 Å². The Hall–Kier alpha value is -0.930. The summed E-state index contributed by atoms with van der Waals surface area (Å²) in [4.78, 5) is 0. The normalized spacial score (nSPS) is 10.1. The van der Waals surface area contributed by atoms with Crippen LogP contribution < -0.4 is 0 Å². The summed E-state index contributed by atoms with van der Waals surface area (Å²) in [5, 5.41) is 8.53.